The van der Waals surface area contributed by atoms with Gasteiger partial charge in [0.15, 0.2) is 10.9 Å². The van der Waals surface area contributed by atoms with E-state index in [-0.39, 0.29) is 16.4 Å². The highest BCUT2D eigenvalue weighted by atomic mass is 32.2. The Hall–Kier alpha value is -2.14. The first-order chi connectivity index (χ1) is 14.0. The second-order valence-corrected chi connectivity index (χ2v) is 9.48. The van der Waals surface area contributed by atoms with Crippen LogP contribution in [0.25, 0.3) is 11.0 Å². The van der Waals surface area contributed by atoms with Gasteiger partial charge >= 0.3 is 0 Å². The van der Waals surface area contributed by atoms with Crippen LogP contribution in [0.1, 0.15) is 17.4 Å². The normalized spacial score (nSPS) is 15.8. The van der Waals surface area contributed by atoms with Crippen LogP contribution < -0.4 is 0 Å². The van der Waals surface area contributed by atoms with Gasteiger partial charge in [0.25, 0.3) is 0 Å². The number of morpholine rings is 1. The van der Waals surface area contributed by atoms with Gasteiger partial charge in [-0.1, -0.05) is 11.8 Å². The van der Waals surface area contributed by atoms with Gasteiger partial charge in [-0.2, -0.15) is 4.31 Å². The lowest BCUT2D eigenvalue weighted by molar-refractivity contribution is 0.0730. The Morgan fingerprint density at radius 2 is 2.07 bits per heavy atom. The number of rotatable bonds is 7. The zero-order valence-corrected chi connectivity index (χ0v) is 17.6. The van der Waals surface area contributed by atoms with Gasteiger partial charge in [0, 0.05) is 25.8 Å². The first-order valence-corrected chi connectivity index (χ1v) is 11.8. The van der Waals surface area contributed by atoms with E-state index in [0.29, 0.717) is 49.2 Å². The Morgan fingerprint density at radius 1 is 1.28 bits per heavy atom. The summed E-state index contributed by atoms with van der Waals surface area (Å²) in [6, 6.07) is 8.56. The number of nitrogens with zero attached hydrogens (tertiary/aromatic N) is 3. The molecule has 154 valence electrons. The molecule has 0 spiro atoms. The lowest BCUT2D eigenvalue weighted by atomic mass is 10.3. The van der Waals surface area contributed by atoms with Crippen LogP contribution in [0.2, 0.25) is 0 Å². The van der Waals surface area contributed by atoms with Crippen molar-refractivity contribution in [2.45, 2.75) is 23.5 Å². The molecule has 1 N–H and O–H groups in total. The maximum atomic E-state index is 12.9. The molecule has 1 saturated heterocycles. The van der Waals surface area contributed by atoms with E-state index in [1.54, 1.807) is 36.5 Å². The number of fused-ring (bicyclic) bond motifs is 1. The van der Waals surface area contributed by atoms with Crippen LogP contribution in [0.5, 0.6) is 0 Å². The largest absolute Gasteiger partial charge is 0.379 e. The van der Waals surface area contributed by atoms with E-state index >= 15 is 0 Å². The zero-order chi connectivity index (χ0) is 20.4. The van der Waals surface area contributed by atoms with Gasteiger partial charge in [0.05, 0.1) is 40.6 Å². The minimum absolute atomic E-state index is 0.00899. The molecular formula is C19H22N4O4S2. The number of aryl methyl sites for hydroxylation is 1. The molecule has 0 amide bonds. The highest BCUT2D eigenvalue weighted by Crippen LogP contribution is 2.28. The summed E-state index contributed by atoms with van der Waals surface area (Å²) in [5, 5.41) is 0.698. The van der Waals surface area contributed by atoms with Gasteiger partial charge in [-0.3, -0.25) is 4.79 Å². The fraction of sp³-hybridized carbons (Fsp3) is 0.368. The molecular weight excluding hydrogens is 412 g/mol. The van der Waals surface area contributed by atoms with Gasteiger partial charge < -0.3 is 14.3 Å². The molecule has 10 heteroatoms. The zero-order valence-electron chi connectivity index (χ0n) is 16.0. The molecule has 0 unspecified atom stereocenters. The van der Waals surface area contributed by atoms with Gasteiger partial charge in [-0.25, -0.2) is 13.4 Å². The molecule has 1 aromatic carbocycles. The van der Waals surface area contributed by atoms with Crippen LogP contribution in [0.4, 0.5) is 0 Å². The summed E-state index contributed by atoms with van der Waals surface area (Å²) in [4.78, 5) is 20.0. The molecule has 0 saturated carbocycles. The highest BCUT2D eigenvalue weighted by Gasteiger charge is 2.27. The van der Waals surface area contributed by atoms with Crippen LogP contribution >= 0.6 is 11.8 Å². The van der Waals surface area contributed by atoms with Crippen molar-refractivity contribution in [3.63, 3.8) is 0 Å². The van der Waals surface area contributed by atoms with Crippen molar-refractivity contribution in [3.05, 3.63) is 42.2 Å². The number of carbonyl (C=O) groups is 1. The molecule has 0 atom stereocenters. The van der Waals surface area contributed by atoms with Crippen LogP contribution in [-0.2, 0) is 21.3 Å². The molecule has 29 heavy (non-hydrogen) atoms. The second kappa shape index (κ2) is 8.31. The average Bonchev–Trinajstić information content (AvgIpc) is 3.39. The summed E-state index contributed by atoms with van der Waals surface area (Å²) >= 11 is 1.35. The van der Waals surface area contributed by atoms with Crippen LogP contribution in [-0.4, -0.2) is 65.1 Å². The smallest absolute Gasteiger partial charge is 0.243 e. The minimum Gasteiger partial charge on any atom is -0.379 e. The number of aromatic nitrogens is 3. The summed E-state index contributed by atoms with van der Waals surface area (Å²) in [5.74, 6) is 0.244. The third-order valence-corrected chi connectivity index (χ3v) is 7.71. The Labute approximate surface area is 173 Å². The van der Waals surface area contributed by atoms with Crippen LogP contribution in [0.3, 0.4) is 0 Å². The topological polar surface area (TPSA) is 97.3 Å². The molecule has 8 nitrogen and oxygen atoms in total. The number of carbonyl (C=O) groups excluding carboxylic acids is 1. The molecule has 0 aliphatic carbocycles. The molecule has 1 aliphatic rings. The number of sulfonamides is 1. The number of hydrogen-bond acceptors (Lipinski definition) is 6. The third-order valence-electron chi connectivity index (χ3n) is 4.84. The van der Waals surface area contributed by atoms with E-state index in [2.05, 4.69) is 9.97 Å². The number of aromatic amines is 1. The van der Waals surface area contributed by atoms with Gasteiger partial charge in [-0.05, 0) is 37.3 Å². The minimum atomic E-state index is -3.58. The van der Waals surface area contributed by atoms with E-state index in [0.717, 1.165) is 5.52 Å². The maximum absolute atomic E-state index is 12.9. The second-order valence-electron chi connectivity index (χ2n) is 6.60. The fourth-order valence-corrected chi connectivity index (χ4v) is 5.70. The number of ketones is 1. The van der Waals surface area contributed by atoms with E-state index < -0.39 is 10.0 Å². The number of Topliss-reactive ketones (excluding diaryl/α,β-unsaturated/α-hetero) is 1. The van der Waals surface area contributed by atoms with E-state index in [9.17, 15) is 13.2 Å². The number of benzene rings is 1. The van der Waals surface area contributed by atoms with Crippen molar-refractivity contribution in [1.82, 2.24) is 18.8 Å². The van der Waals surface area contributed by atoms with Crippen molar-refractivity contribution in [2.75, 3.05) is 32.1 Å². The number of thioether (sulfide) groups is 1. The molecule has 4 rings (SSSR count). The van der Waals surface area contributed by atoms with Crippen LogP contribution in [0, 0.1) is 0 Å². The van der Waals surface area contributed by atoms with Crippen molar-refractivity contribution in [1.29, 1.82) is 0 Å². The predicted molar refractivity (Wildman–Crippen MR) is 111 cm³/mol. The quantitative estimate of drug-likeness (QED) is 0.453. The molecule has 0 radical (unpaired) electrons. The van der Waals surface area contributed by atoms with Crippen LogP contribution in [0.15, 0.2) is 46.6 Å². The summed E-state index contributed by atoms with van der Waals surface area (Å²) in [5.41, 5.74) is 2.02. The SMILES string of the molecule is CCn1c(SCC(=O)c2ccc[nH]2)nc2cc(S(=O)(=O)N3CCOCC3)ccc21. The number of hydrogen-bond donors (Lipinski definition) is 1. The fourth-order valence-electron chi connectivity index (χ4n) is 3.31. The summed E-state index contributed by atoms with van der Waals surface area (Å²) in [7, 11) is -3.58. The van der Waals surface area contributed by atoms with Crippen molar-refractivity contribution in [3.8, 4) is 0 Å². The lowest BCUT2D eigenvalue weighted by Crippen LogP contribution is -2.40. The molecule has 1 fully saturated rings. The van der Waals surface area contributed by atoms with E-state index in [1.807, 2.05) is 11.5 Å². The van der Waals surface area contributed by atoms with E-state index in [4.69, 9.17) is 4.74 Å². The number of ether oxygens (including phenoxy) is 1. The van der Waals surface area contributed by atoms with Gasteiger partial charge in [-0.15, -0.1) is 0 Å². The van der Waals surface area contributed by atoms with Gasteiger partial charge in [0.1, 0.15) is 0 Å². The first-order valence-electron chi connectivity index (χ1n) is 9.38. The highest BCUT2D eigenvalue weighted by molar-refractivity contribution is 7.99. The lowest BCUT2D eigenvalue weighted by Gasteiger charge is -2.26. The van der Waals surface area contributed by atoms with E-state index in [1.165, 1.54) is 16.1 Å². The van der Waals surface area contributed by atoms with Crippen molar-refractivity contribution >= 4 is 38.6 Å². The molecule has 3 heterocycles. The molecule has 3 aromatic rings. The van der Waals surface area contributed by atoms with Crippen molar-refractivity contribution in [2.24, 2.45) is 0 Å². The summed E-state index contributed by atoms with van der Waals surface area (Å²) in [6.45, 7) is 4.18. The Bertz CT molecular complexity index is 1120. The average molecular weight is 435 g/mol. The Kier molecular flexibility index (Phi) is 5.77. The van der Waals surface area contributed by atoms with Gasteiger partial charge in [0.2, 0.25) is 10.0 Å². The number of nitrogens with one attached hydrogen (secondary N) is 1. The molecule has 0 bridgehead atoms. The predicted octanol–water partition coefficient (Wildman–Crippen LogP) is 2.38. The standard InChI is InChI=1S/C19H22N4O4S2/c1-2-23-17-6-5-14(29(25,26)22-8-10-27-11-9-22)12-16(17)21-19(23)28-13-18(24)15-4-3-7-20-15/h3-7,12,20H,2,8-11,13H2,1H3. The Balaban J connectivity index is 1.61. The van der Waals surface area contributed by atoms with Crippen molar-refractivity contribution < 1.29 is 17.9 Å². The number of H-pyrrole nitrogens is 1. The summed E-state index contributed by atoms with van der Waals surface area (Å²) < 4.78 is 34.5. The Morgan fingerprint density at radius 3 is 2.76 bits per heavy atom. The summed E-state index contributed by atoms with van der Waals surface area (Å²) in [6.07, 6.45) is 1.72. The third kappa shape index (κ3) is 3.97. The molecule has 1 aliphatic heterocycles. The molecule has 2 aromatic heterocycles. The maximum Gasteiger partial charge on any atom is 0.243 e. The monoisotopic (exact) mass is 434 g/mol. The number of imidazole rings is 1. The first kappa shape index (κ1) is 20.1.